The maximum absolute atomic E-state index is 12.8. The van der Waals surface area contributed by atoms with Crippen molar-refractivity contribution in [3.63, 3.8) is 0 Å². The maximum Gasteiger partial charge on any atom is 0.335 e. The zero-order valence-electron chi connectivity index (χ0n) is 16.3. The monoisotopic (exact) mass is 408 g/mol. The summed E-state index contributed by atoms with van der Waals surface area (Å²) in [6.07, 6.45) is 1.55. The molecule has 8 heteroatoms. The molecule has 0 saturated carbocycles. The number of anilines is 1. The number of aryl methyl sites for hydroxylation is 1. The Hall–Kier alpha value is -3.52. The number of carbonyl (C=O) groups is 4. The van der Waals surface area contributed by atoms with E-state index in [9.17, 15) is 19.2 Å². The van der Waals surface area contributed by atoms with Crippen molar-refractivity contribution < 1.29 is 29.0 Å². The van der Waals surface area contributed by atoms with Crippen molar-refractivity contribution >= 4 is 29.4 Å². The van der Waals surface area contributed by atoms with E-state index >= 15 is 0 Å². The predicted octanol–water partition coefficient (Wildman–Crippen LogP) is 2.72. The van der Waals surface area contributed by atoms with Gasteiger partial charge in [-0.15, -0.1) is 0 Å². The zero-order chi connectivity index (χ0) is 21.4. The molecule has 1 atom stereocenters. The Morgan fingerprint density at radius 1 is 1.10 bits per heavy atom. The SMILES string of the molecule is Cc1ccc(C(=O)O)cc1NC(=O)c1ccc2c(c1)C(=O)N(CC1CCCO1)C2=O. The third-order valence-corrected chi connectivity index (χ3v) is 5.38. The zero-order valence-corrected chi connectivity index (χ0v) is 16.3. The molecule has 4 rings (SSSR count). The minimum Gasteiger partial charge on any atom is -0.478 e. The van der Waals surface area contributed by atoms with Crippen LogP contribution in [0.4, 0.5) is 5.69 Å². The van der Waals surface area contributed by atoms with E-state index in [4.69, 9.17) is 9.84 Å². The quantitative estimate of drug-likeness (QED) is 0.736. The first-order chi connectivity index (χ1) is 14.3. The van der Waals surface area contributed by atoms with Crippen LogP contribution in [-0.2, 0) is 4.74 Å². The first-order valence-corrected chi connectivity index (χ1v) is 9.62. The second-order valence-electron chi connectivity index (χ2n) is 7.41. The summed E-state index contributed by atoms with van der Waals surface area (Å²) >= 11 is 0. The van der Waals surface area contributed by atoms with Crippen molar-refractivity contribution in [3.05, 3.63) is 64.2 Å². The fraction of sp³-hybridized carbons (Fsp3) is 0.273. The predicted molar refractivity (Wildman–Crippen MR) is 107 cm³/mol. The molecule has 1 fully saturated rings. The van der Waals surface area contributed by atoms with Crippen LogP contribution in [0.2, 0.25) is 0 Å². The van der Waals surface area contributed by atoms with Gasteiger partial charge in [-0.25, -0.2) is 4.79 Å². The van der Waals surface area contributed by atoms with Crippen molar-refractivity contribution in [3.8, 4) is 0 Å². The molecule has 1 unspecified atom stereocenters. The molecule has 2 N–H and O–H groups in total. The molecule has 2 aromatic carbocycles. The van der Waals surface area contributed by atoms with Crippen LogP contribution in [0.3, 0.4) is 0 Å². The van der Waals surface area contributed by atoms with Gasteiger partial charge in [-0.05, 0) is 55.7 Å². The summed E-state index contributed by atoms with van der Waals surface area (Å²) in [4.78, 5) is 50.4. The summed E-state index contributed by atoms with van der Waals surface area (Å²) in [6.45, 7) is 2.57. The lowest BCUT2D eigenvalue weighted by atomic mass is 10.0. The van der Waals surface area contributed by atoms with Crippen molar-refractivity contribution in [2.45, 2.75) is 25.9 Å². The molecule has 1 saturated heterocycles. The molecule has 2 aromatic rings. The molecule has 0 radical (unpaired) electrons. The lowest BCUT2D eigenvalue weighted by molar-refractivity contribution is 0.0475. The molecule has 2 aliphatic rings. The van der Waals surface area contributed by atoms with Gasteiger partial charge in [0.1, 0.15) is 0 Å². The van der Waals surface area contributed by atoms with E-state index in [2.05, 4.69) is 5.32 Å². The summed E-state index contributed by atoms with van der Waals surface area (Å²) in [5, 5.41) is 11.8. The first-order valence-electron chi connectivity index (χ1n) is 9.62. The molecular weight excluding hydrogens is 388 g/mol. The number of nitrogens with zero attached hydrogens (tertiary/aromatic N) is 1. The Bertz CT molecular complexity index is 1070. The Kier molecular flexibility index (Phi) is 5.09. The number of carboxylic acids is 1. The standard InChI is InChI=1S/C22H20N2O6/c1-12-4-5-14(22(28)29)10-18(12)23-19(25)13-6-7-16-17(9-13)21(27)24(20(16)26)11-15-3-2-8-30-15/h4-7,9-10,15H,2-3,8,11H2,1H3,(H,23,25)(H,28,29). The second kappa shape index (κ2) is 7.72. The molecule has 0 spiro atoms. The van der Waals surface area contributed by atoms with Crippen LogP contribution in [0, 0.1) is 6.92 Å². The Morgan fingerprint density at radius 3 is 2.53 bits per heavy atom. The summed E-state index contributed by atoms with van der Waals surface area (Å²) in [5.74, 6) is -2.42. The number of carbonyl (C=O) groups excluding carboxylic acids is 3. The Balaban J connectivity index is 1.55. The van der Waals surface area contributed by atoms with Gasteiger partial charge in [0, 0.05) is 17.9 Å². The van der Waals surface area contributed by atoms with Gasteiger partial charge >= 0.3 is 5.97 Å². The summed E-state index contributed by atoms with van der Waals surface area (Å²) < 4.78 is 5.52. The number of amides is 3. The molecule has 2 aliphatic heterocycles. The van der Waals surface area contributed by atoms with Crippen LogP contribution in [0.25, 0.3) is 0 Å². The van der Waals surface area contributed by atoms with E-state index in [1.54, 1.807) is 13.0 Å². The number of fused-ring (bicyclic) bond motifs is 1. The maximum atomic E-state index is 12.8. The number of benzene rings is 2. The van der Waals surface area contributed by atoms with Gasteiger partial charge in [-0.1, -0.05) is 6.07 Å². The van der Waals surface area contributed by atoms with Gasteiger partial charge in [0.05, 0.1) is 29.3 Å². The van der Waals surface area contributed by atoms with Crippen molar-refractivity contribution in [1.29, 1.82) is 0 Å². The van der Waals surface area contributed by atoms with E-state index < -0.39 is 17.8 Å². The molecule has 0 aliphatic carbocycles. The van der Waals surface area contributed by atoms with Crippen LogP contribution in [0.15, 0.2) is 36.4 Å². The first kappa shape index (κ1) is 19.8. The van der Waals surface area contributed by atoms with Crippen LogP contribution in [-0.4, -0.2) is 53.0 Å². The topological polar surface area (TPSA) is 113 Å². The Morgan fingerprint density at radius 2 is 1.83 bits per heavy atom. The highest BCUT2D eigenvalue weighted by Crippen LogP contribution is 2.27. The van der Waals surface area contributed by atoms with E-state index in [0.717, 1.165) is 12.8 Å². The number of nitrogens with one attached hydrogen (secondary N) is 1. The van der Waals surface area contributed by atoms with Crippen LogP contribution in [0.1, 0.15) is 59.8 Å². The van der Waals surface area contributed by atoms with Gasteiger partial charge in [-0.2, -0.15) is 0 Å². The van der Waals surface area contributed by atoms with E-state index in [0.29, 0.717) is 17.9 Å². The molecule has 8 nitrogen and oxygen atoms in total. The number of carboxylic acid groups (broad SMARTS) is 1. The van der Waals surface area contributed by atoms with Crippen LogP contribution in [0.5, 0.6) is 0 Å². The number of rotatable bonds is 5. The van der Waals surface area contributed by atoms with Crippen molar-refractivity contribution in [2.24, 2.45) is 0 Å². The summed E-state index contributed by atoms with van der Waals surface area (Å²) in [7, 11) is 0. The average Bonchev–Trinajstić information content (AvgIpc) is 3.32. The van der Waals surface area contributed by atoms with Gasteiger partial charge in [0.15, 0.2) is 0 Å². The Labute approximate surface area is 172 Å². The minimum absolute atomic E-state index is 0.0513. The summed E-state index contributed by atoms with van der Waals surface area (Å²) in [5.41, 5.74) is 1.76. The lowest BCUT2D eigenvalue weighted by Gasteiger charge is -2.17. The smallest absolute Gasteiger partial charge is 0.335 e. The number of hydrogen-bond donors (Lipinski definition) is 2. The van der Waals surface area contributed by atoms with Crippen LogP contribution < -0.4 is 5.32 Å². The third kappa shape index (κ3) is 3.57. The van der Waals surface area contributed by atoms with E-state index in [-0.39, 0.29) is 40.8 Å². The number of imide groups is 1. The van der Waals surface area contributed by atoms with E-state index in [1.165, 1.54) is 35.2 Å². The molecule has 3 amide bonds. The molecule has 0 aromatic heterocycles. The van der Waals surface area contributed by atoms with Crippen molar-refractivity contribution in [1.82, 2.24) is 4.90 Å². The minimum atomic E-state index is -1.10. The molecule has 154 valence electrons. The number of hydrogen-bond acceptors (Lipinski definition) is 5. The molecule has 30 heavy (non-hydrogen) atoms. The number of ether oxygens (including phenoxy) is 1. The highest BCUT2D eigenvalue weighted by atomic mass is 16.5. The van der Waals surface area contributed by atoms with Crippen molar-refractivity contribution in [2.75, 3.05) is 18.5 Å². The largest absolute Gasteiger partial charge is 0.478 e. The van der Waals surface area contributed by atoms with Gasteiger partial charge in [0.25, 0.3) is 17.7 Å². The molecule has 0 bridgehead atoms. The molecule has 2 heterocycles. The van der Waals surface area contributed by atoms with Gasteiger partial charge in [-0.3, -0.25) is 19.3 Å². The van der Waals surface area contributed by atoms with Crippen LogP contribution >= 0.6 is 0 Å². The van der Waals surface area contributed by atoms with E-state index in [1.807, 2.05) is 0 Å². The molecular formula is C22H20N2O6. The fourth-order valence-corrected chi connectivity index (χ4v) is 3.67. The second-order valence-corrected chi connectivity index (χ2v) is 7.41. The third-order valence-electron chi connectivity index (χ3n) is 5.38. The fourth-order valence-electron chi connectivity index (χ4n) is 3.67. The van der Waals surface area contributed by atoms with Gasteiger partial charge < -0.3 is 15.2 Å². The normalized spacial score (nSPS) is 17.9. The summed E-state index contributed by atoms with van der Waals surface area (Å²) in [6, 6.07) is 8.78. The number of aromatic carboxylic acids is 1. The van der Waals surface area contributed by atoms with Gasteiger partial charge in [0.2, 0.25) is 0 Å². The highest BCUT2D eigenvalue weighted by molar-refractivity contribution is 6.22. The average molecular weight is 408 g/mol. The highest BCUT2D eigenvalue weighted by Gasteiger charge is 2.38. The lowest BCUT2D eigenvalue weighted by Crippen LogP contribution is -2.36.